The van der Waals surface area contributed by atoms with Crippen LogP contribution >= 0.6 is 0 Å². The Morgan fingerprint density at radius 2 is 1.88 bits per heavy atom. The van der Waals surface area contributed by atoms with Crippen LogP contribution in [-0.4, -0.2) is 25.3 Å². The van der Waals surface area contributed by atoms with Gasteiger partial charge in [0.2, 0.25) is 0 Å². The Kier molecular flexibility index (Phi) is 5.11. The van der Waals surface area contributed by atoms with Crippen molar-refractivity contribution in [1.29, 1.82) is 0 Å². The zero-order chi connectivity index (χ0) is 11.2. The number of ether oxygens (including phenoxy) is 1. The van der Waals surface area contributed by atoms with E-state index >= 15 is 0 Å². The quantitative estimate of drug-likeness (QED) is 0.776. The van der Waals surface area contributed by atoms with Crippen molar-refractivity contribution in [2.45, 2.75) is 70.4 Å². The Morgan fingerprint density at radius 3 is 2.56 bits per heavy atom. The molecule has 0 amide bonds. The first-order valence-electron chi connectivity index (χ1n) is 7.19. The highest BCUT2D eigenvalue weighted by Crippen LogP contribution is 2.28. The molecule has 2 nitrogen and oxygen atoms in total. The Bertz CT molecular complexity index is 183. The van der Waals surface area contributed by atoms with E-state index in [9.17, 15) is 0 Å². The van der Waals surface area contributed by atoms with Crippen LogP contribution < -0.4 is 5.32 Å². The first-order valence-corrected chi connectivity index (χ1v) is 7.19. The summed E-state index contributed by atoms with van der Waals surface area (Å²) < 4.78 is 5.74. The van der Waals surface area contributed by atoms with Gasteiger partial charge in [-0.05, 0) is 38.5 Å². The van der Waals surface area contributed by atoms with E-state index in [1.54, 1.807) is 0 Å². The summed E-state index contributed by atoms with van der Waals surface area (Å²) in [7, 11) is 0. The lowest BCUT2D eigenvalue weighted by atomic mass is 9.99. The summed E-state index contributed by atoms with van der Waals surface area (Å²) in [6, 6.07) is 0.675. The second-order valence-corrected chi connectivity index (χ2v) is 5.68. The van der Waals surface area contributed by atoms with Gasteiger partial charge in [0.25, 0.3) is 0 Å². The fourth-order valence-electron chi connectivity index (χ4n) is 3.13. The summed E-state index contributed by atoms with van der Waals surface area (Å²) in [4.78, 5) is 0. The van der Waals surface area contributed by atoms with Crippen molar-refractivity contribution in [3.63, 3.8) is 0 Å². The van der Waals surface area contributed by atoms with Crippen LogP contribution in [-0.2, 0) is 4.74 Å². The van der Waals surface area contributed by atoms with E-state index in [4.69, 9.17) is 4.74 Å². The molecule has 2 atom stereocenters. The summed E-state index contributed by atoms with van der Waals surface area (Å²) in [6.07, 6.45) is 11.6. The van der Waals surface area contributed by atoms with Gasteiger partial charge in [-0.2, -0.15) is 0 Å². The molecular formula is C14H27NO. The van der Waals surface area contributed by atoms with Crippen molar-refractivity contribution in [3.05, 3.63) is 0 Å². The third-order valence-corrected chi connectivity index (χ3v) is 4.13. The van der Waals surface area contributed by atoms with Crippen molar-refractivity contribution >= 4 is 0 Å². The molecule has 0 aromatic carbocycles. The summed E-state index contributed by atoms with van der Waals surface area (Å²) in [5, 5.41) is 3.65. The molecule has 0 aromatic rings. The molecular weight excluding hydrogens is 198 g/mol. The highest BCUT2D eigenvalue weighted by molar-refractivity contribution is 4.75. The van der Waals surface area contributed by atoms with Gasteiger partial charge in [-0.15, -0.1) is 0 Å². The maximum absolute atomic E-state index is 5.74. The Balaban J connectivity index is 1.57. The number of nitrogens with one attached hydrogen (secondary N) is 1. The average Bonchev–Trinajstić information content (AvgIpc) is 2.81. The first-order chi connectivity index (χ1) is 7.84. The minimum atomic E-state index is 0.486. The van der Waals surface area contributed by atoms with Crippen LogP contribution in [0, 0.1) is 5.92 Å². The third-order valence-electron chi connectivity index (χ3n) is 4.13. The van der Waals surface area contributed by atoms with E-state index in [2.05, 4.69) is 12.2 Å². The molecule has 0 radical (unpaired) electrons. The molecule has 1 heterocycles. The Morgan fingerprint density at radius 1 is 1.12 bits per heavy atom. The maximum atomic E-state index is 5.74. The van der Waals surface area contributed by atoms with E-state index in [0.717, 1.165) is 19.1 Å². The van der Waals surface area contributed by atoms with Crippen molar-refractivity contribution in [2.24, 2.45) is 5.92 Å². The van der Waals surface area contributed by atoms with E-state index in [1.165, 1.54) is 51.4 Å². The van der Waals surface area contributed by atoms with Gasteiger partial charge in [-0.3, -0.25) is 0 Å². The minimum absolute atomic E-state index is 0.486. The van der Waals surface area contributed by atoms with Crippen molar-refractivity contribution in [1.82, 2.24) is 5.32 Å². The van der Waals surface area contributed by atoms with E-state index in [-0.39, 0.29) is 0 Å². The predicted molar refractivity (Wildman–Crippen MR) is 67.6 cm³/mol. The summed E-state index contributed by atoms with van der Waals surface area (Å²) in [5.41, 5.74) is 0. The lowest BCUT2D eigenvalue weighted by Crippen LogP contribution is -2.37. The fraction of sp³-hybridized carbons (Fsp3) is 1.00. The highest BCUT2D eigenvalue weighted by Gasteiger charge is 2.19. The van der Waals surface area contributed by atoms with Crippen LogP contribution in [0.15, 0.2) is 0 Å². The third kappa shape index (κ3) is 4.06. The molecule has 0 aromatic heterocycles. The molecule has 94 valence electrons. The standard InChI is InChI=1S/C14H27NO/c1-12(10-13-6-2-3-7-13)15-11-14-8-4-5-9-16-14/h12-15H,2-11H2,1H3. The van der Waals surface area contributed by atoms with Gasteiger partial charge >= 0.3 is 0 Å². The van der Waals surface area contributed by atoms with Gasteiger partial charge in [0, 0.05) is 19.2 Å². The van der Waals surface area contributed by atoms with E-state index in [1.807, 2.05) is 0 Å². The van der Waals surface area contributed by atoms with E-state index < -0.39 is 0 Å². The Hall–Kier alpha value is -0.0800. The molecule has 2 fully saturated rings. The van der Waals surface area contributed by atoms with Gasteiger partial charge in [0.05, 0.1) is 6.10 Å². The first kappa shape index (κ1) is 12.4. The van der Waals surface area contributed by atoms with Crippen LogP contribution in [0.4, 0.5) is 0 Å². The van der Waals surface area contributed by atoms with Crippen LogP contribution in [0.5, 0.6) is 0 Å². The smallest absolute Gasteiger partial charge is 0.0699 e. The SMILES string of the molecule is CC(CC1CCCC1)NCC1CCCCO1. The fourth-order valence-corrected chi connectivity index (χ4v) is 3.13. The molecule has 1 N–H and O–H groups in total. The number of hydrogen-bond donors (Lipinski definition) is 1. The zero-order valence-electron chi connectivity index (χ0n) is 10.7. The van der Waals surface area contributed by atoms with Crippen LogP contribution in [0.25, 0.3) is 0 Å². The van der Waals surface area contributed by atoms with Gasteiger partial charge in [0.15, 0.2) is 0 Å². The lowest BCUT2D eigenvalue weighted by molar-refractivity contribution is 0.0153. The lowest BCUT2D eigenvalue weighted by Gasteiger charge is -2.25. The van der Waals surface area contributed by atoms with Crippen molar-refractivity contribution in [3.8, 4) is 0 Å². The summed E-state index contributed by atoms with van der Waals surface area (Å²) >= 11 is 0. The predicted octanol–water partition coefficient (Wildman–Crippen LogP) is 3.11. The molecule has 2 aliphatic rings. The molecule has 1 aliphatic carbocycles. The van der Waals surface area contributed by atoms with Gasteiger partial charge < -0.3 is 10.1 Å². The molecule has 1 saturated carbocycles. The van der Waals surface area contributed by atoms with Crippen LogP contribution in [0.3, 0.4) is 0 Å². The molecule has 2 heteroatoms. The normalized spacial score (nSPS) is 29.4. The molecule has 2 rings (SSSR count). The molecule has 1 saturated heterocycles. The van der Waals surface area contributed by atoms with Crippen LogP contribution in [0.1, 0.15) is 58.3 Å². The van der Waals surface area contributed by atoms with E-state index in [0.29, 0.717) is 12.1 Å². The van der Waals surface area contributed by atoms with Crippen molar-refractivity contribution in [2.75, 3.05) is 13.2 Å². The molecule has 16 heavy (non-hydrogen) atoms. The summed E-state index contributed by atoms with van der Waals surface area (Å²) in [5.74, 6) is 0.995. The van der Waals surface area contributed by atoms with Gasteiger partial charge in [-0.1, -0.05) is 25.7 Å². The van der Waals surface area contributed by atoms with Crippen LogP contribution in [0.2, 0.25) is 0 Å². The average molecular weight is 225 g/mol. The zero-order valence-corrected chi connectivity index (χ0v) is 10.7. The molecule has 0 bridgehead atoms. The second kappa shape index (κ2) is 6.61. The van der Waals surface area contributed by atoms with Gasteiger partial charge in [-0.25, -0.2) is 0 Å². The highest BCUT2D eigenvalue weighted by atomic mass is 16.5. The number of rotatable bonds is 5. The Labute approximate surface area is 100 Å². The molecule has 0 spiro atoms. The monoisotopic (exact) mass is 225 g/mol. The second-order valence-electron chi connectivity index (χ2n) is 5.68. The largest absolute Gasteiger partial charge is 0.377 e. The molecule has 2 unspecified atom stereocenters. The number of hydrogen-bond acceptors (Lipinski definition) is 2. The maximum Gasteiger partial charge on any atom is 0.0699 e. The van der Waals surface area contributed by atoms with Crippen molar-refractivity contribution < 1.29 is 4.74 Å². The summed E-state index contributed by atoms with van der Waals surface area (Å²) in [6.45, 7) is 4.37. The molecule has 1 aliphatic heterocycles. The van der Waals surface area contributed by atoms with Gasteiger partial charge in [0.1, 0.15) is 0 Å². The minimum Gasteiger partial charge on any atom is -0.377 e. The topological polar surface area (TPSA) is 21.3 Å².